The highest BCUT2D eigenvalue weighted by atomic mass is 16.6. The van der Waals surface area contributed by atoms with Crippen molar-refractivity contribution in [2.45, 2.75) is 117 Å². The first-order chi connectivity index (χ1) is 35.1. The van der Waals surface area contributed by atoms with Crippen molar-refractivity contribution in [1.29, 1.82) is 0 Å². The summed E-state index contributed by atoms with van der Waals surface area (Å²) in [5, 5.41) is 0. The van der Waals surface area contributed by atoms with Crippen LogP contribution < -0.4 is 9.80 Å². The molecule has 2 atom stereocenters. The number of esters is 2. The highest BCUT2D eigenvalue weighted by Gasteiger charge is 2.38. The fraction of sp³-hybridized carbons (Fsp3) is 0.367. The van der Waals surface area contributed by atoms with Gasteiger partial charge in [0.25, 0.3) is 0 Å². The molecule has 2 aliphatic rings. The molecular weight excluding hydrogens is 933 g/mol. The predicted molar refractivity (Wildman–Crippen MR) is 288 cm³/mol. The number of aromatic nitrogens is 2. The number of methoxy groups -OCH3 is 2. The SMILES string of the molecule is COC(=O)c1ccncc1CC[C@@H]1c2ccc(N(C)c3ccc(C)cc3)cc2CN1C(=O)OC(C)(C)C.COC(=O)c1ccncc1CC[C@H]1c2ccc(N(C)c3ccc(C)cc3)cc2CN1C(=O)OC(C)(C)C. The Morgan fingerprint density at radius 3 is 1.23 bits per heavy atom. The number of pyridine rings is 2. The number of rotatable bonds is 12. The Labute approximate surface area is 436 Å². The molecule has 14 nitrogen and oxygen atoms in total. The summed E-state index contributed by atoms with van der Waals surface area (Å²) >= 11 is 0. The number of nitrogens with zero attached hydrogens (tertiary/aromatic N) is 6. The predicted octanol–water partition coefficient (Wildman–Crippen LogP) is 12.7. The van der Waals surface area contributed by atoms with Crippen molar-refractivity contribution in [3.63, 3.8) is 0 Å². The van der Waals surface area contributed by atoms with E-state index in [1.165, 1.54) is 25.3 Å². The van der Waals surface area contributed by atoms with Gasteiger partial charge in [0.1, 0.15) is 11.2 Å². The van der Waals surface area contributed by atoms with Gasteiger partial charge in [0.05, 0.1) is 50.5 Å². The number of anilines is 4. The third-order valence-corrected chi connectivity index (χ3v) is 13.3. The zero-order valence-corrected chi connectivity index (χ0v) is 44.9. The lowest BCUT2D eigenvalue weighted by Crippen LogP contribution is -2.36. The molecule has 74 heavy (non-hydrogen) atoms. The molecule has 0 unspecified atom stereocenters. The summed E-state index contributed by atoms with van der Waals surface area (Å²) < 4.78 is 21.4. The van der Waals surface area contributed by atoms with E-state index in [2.05, 4.69) is 119 Å². The molecule has 4 aromatic carbocycles. The molecule has 8 rings (SSSR count). The van der Waals surface area contributed by atoms with E-state index >= 15 is 0 Å². The second-order valence-electron chi connectivity index (χ2n) is 20.9. The van der Waals surface area contributed by atoms with Crippen molar-refractivity contribution in [2.75, 3.05) is 38.1 Å². The maximum absolute atomic E-state index is 13.3. The molecule has 0 fully saturated rings. The number of fused-ring (bicyclic) bond motifs is 2. The highest BCUT2D eigenvalue weighted by molar-refractivity contribution is 5.91. The van der Waals surface area contributed by atoms with Gasteiger partial charge in [-0.2, -0.15) is 0 Å². The Morgan fingerprint density at radius 2 is 0.892 bits per heavy atom. The van der Waals surface area contributed by atoms with E-state index in [1.54, 1.807) is 46.7 Å². The first kappa shape index (κ1) is 54.0. The van der Waals surface area contributed by atoms with Gasteiger partial charge in [0.15, 0.2) is 0 Å². The Bertz CT molecular complexity index is 2760. The molecule has 2 amide bonds. The molecule has 0 N–H and O–H groups in total. The largest absolute Gasteiger partial charge is 0.465 e. The van der Waals surface area contributed by atoms with Crippen LogP contribution in [0.25, 0.3) is 0 Å². The number of carbonyl (C=O) groups is 4. The molecule has 0 saturated carbocycles. The number of benzene rings is 4. The monoisotopic (exact) mass is 1000 g/mol. The second kappa shape index (κ2) is 23.0. The van der Waals surface area contributed by atoms with Gasteiger partial charge in [-0.15, -0.1) is 0 Å². The molecule has 388 valence electrons. The third kappa shape index (κ3) is 13.1. The zero-order chi connectivity index (χ0) is 53.5. The Balaban J connectivity index is 0.000000216. The Morgan fingerprint density at radius 1 is 0.541 bits per heavy atom. The first-order valence-corrected chi connectivity index (χ1v) is 25.0. The summed E-state index contributed by atoms with van der Waals surface area (Å²) in [6, 6.07) is 32.5. The zero-order valence-electron chi connectivity index (χ0n) is 44.9. The number of amides is 2. The minimum Gasteiger partial charge on any atom is -0.465 e. The fourth-order valence-corrected chi connectivity index (χ4v) is 9.39. The quantitative estimate of drug-likeness (QED) is 0.0850. The minimum absolute atomic E-state index is 0.186. The average molecular weight is 1000 g/mol. The molecule has 2 aromatic heterocycles. The lowest BCUT2D eigenvalue weighted by atomic mass is 9.96. The summed E-state index contributed by atoms with van der Waals surface area (Å²) in [5.74, 6) is -0.783. The maximum Gasteiger partial charge on any atom is 0.411 e. The Hall–Kier alpha value is -7.74. The van der Waals surface area contributed by atoms with Crippen LogP contribution in [0.4, 0.5) is 32.3 Å². The Kier molecular flexibility index (Phi) is 16.8. The van der Waals surface area contributed by atoms with Gasteiger partial charge in [-0.25, -0.2) is 19.2 Å². The molecule has 0 spiro atoms. The van der Waals surface area contributed by atoms with Crippen molar-refractivity contribution >= 4 is 46.9 Å². The van der Waals surface area contributed by atoms with E-state index in [0.29, 0.717) is 49.9 Å². The van der Waals surface area contributed by atoms with Crippen molar-refractivity contribution in [2.24, 2.45) is 0 Å². The van der Waals surface area contributed by atoms with Gasteiger partial charge in [-0.1, -0.05) is 47.5 Å². The molecular formula is C60H70N6O8. The van der Waals surface area contributed by atoms with Crippen LogP contribution >= 0.6 is 0 Å². The minimum atomic E-state index is -0.603. The molecule has 0 saturated heterocycles. The van der Waals surface area contributed by atoms with Crippen molar-refractivity contribution in [1.82, 2.24) is 19.8 Å². The summed E-state index contributed by atoms with van der Waals surface area (Å²) in [6.45, 7) is 16.3. The van der Waals surface area contributed by atoms with Crippen LogP contribution in [-0.4, -0.2) is 83.4 Å². The lowest BCUT2D eigenvalue weighted by Gasteiger charge is -2.29. The van der Waals surface area contributed by atoms with E-state index < -0.39 is 23.1 Å². The van der Waals surface area contributed by atoms with E-state index in [1.807, 2.05) is 55.6 Å². The molecule has 2 aliphatic heterocycles. The van der Waals surface area contributed by atoms with E-state index in [4.69, 9.17) is 18.9 Å². The molecule has 6 aromatic rings. The number of aryl methyl sites for hydroxylation is 4. The standard InChI is InChI=1S/2C30H35N3O4/c2*1-20-7-10-23(11-8-20)32(5)24-12-13-25-22(17-24)19-33(29(35)37-30(2,3)4)27(25)14-9-21-18-31-16-15-26(21)28(34)36-6/h2*7-8,10-13,15-18,27H,9,14,19H2,1-6H3/t2*27-/m10/s1. The number of carbonyl (C=O) groups excluding carboxylic acids is 4. The van der Waals surface area contributed by atoms with Gasteiger partial charge >= 0.3 is 24.1 Å². The van der Waals surface area contributed by atoms with Crippen LogP contribution in [0.2, 0.25) is 0 Å². The smallest absolute Gasteiger partial charge is 0.411 e. The van der Waals surface area contributed by atoms with Crippen LogP contribution in [-0.2, 0) is 44.9 Å². The van der Waals surface area contributed by atoms with Crippen molar-refractivity contribution in [3.05, 3.63) is 177 Å². The maximum atomic E-state index is 13.3. The number of hydrogen-bond acceptors (Lipinski definition) is 12. The van der Waals surface area contributed by atoms with Crippen molar-refractivity contribution in [3.8, 4) is 0 Å². The van der Waals surface area contributed by atoms with Crippen LogP contribution in [0.3, 0.4) is 0 Å². The normalized spacial score (nSPS) is 14.8. The summed E-state index contributed by atoms with van der Waals surface area (Å²) in [7, 11) is 6.83. The van der Waals surface area contributed by atoms with Gasteiger partial charge in [-0.05, 0) is 175 Å². The van der Waals surface area contributed by atoms with E-state index in [0.717, 1.165) is 56.1 Å². The molecule has 4 heterocycles. The number of ether oxygens (including phenoxy) is 4. The van der Waals surface area contributed by atoms with Gasteiger partial charge in [0, 0.05) is 61.6 Å². The molecule has 0 radical (unpaired) electrons. The summed E-state index contributed by atoms with van der Waals surface area (Å²) in [6.07, 6.45) is 8.23. The molecule has 14 heteroatoms. The average Bonchev–Trinajstić information content (AvgIpc) is 3.94. The first-order valence-electron chi connectivity index (χ1n) is 25.0. The van der Waals surface area contributed by atoms with Crippen LogP contribution in [0, 0.1) is 13.8 Å². The second-order valence-corrected chi connectivity index (χ2v) is 20.9. The third-order valence-electron chi connectivity index (χ3n) is 13.3. The topological polar surface area (TPSA) is 144 Å². The number of hydrogen-bond donors (Lipinski definition) is 0. The van der Waals surface area contributed by atoms with Crippen LogP contribution in [0.15, 0.2) is 122 Å². The molecule has 0 aliphatic carbocycles. The van der Waals surface area contributed by atoms with Gasteiger partial charge < -0.3 is 28.7 Å². The van der Waals surface area contributed by atoms with E-state index in [9.17, 15) is 19.2 Å². The van der Waals surface area contributed by atoms with Crippen LogP contribution in [0.5, 0.6) is 0 Å². The highest BCUT2D eigenvalue weighted by Crippen LogP contribution is 2.42. The fourth-order valence-electron chi connectivity index (χ4n) is 9.39. The van der Waals surface area contributed by atoms with E-state index in [-0.39, 0.29) is 24.3 Å². The summed E-state index contributed by atoms with van der Waals surface area (Å²) in [5.41, 5.74) is 12.5. The van der Waals surface area contributed by atoms with Crippen molar-refractivity contribution < 1.29 is 38.1 Å². The van der Waals surface area contributed by atoms with Gasteiger partial charge in [-0.3, -0.25) is 19.8 Å². The van der Waals surface area contributed by atoms with Gasteiger partial charge in [0.2, 0.25) is 0 Å². The van der Waals surface area contributed by atoms with Crippen LogP contribution in [0.1, 0.15) is 132 Å². The molecule has 0 bridgehead atoms. The lowest BCUT2D eigenvalue weighted by molar-refractivity contribution is 0.0154. The summed E-state index contributed by atoms with van der Waals surface area (Å²) in [4.78, 5) is 67.3.